The van der Waals surface area contributed by atoms with Crippen LogP contribution in [0.3, 0.4) is 0 Å². The first-order valence-electron chi connectivity index (χ1n) is 9.25. The molecule has 1 saturated heterocycles. The van der Waals surface area contributed by atoms with Gasteiger partial charge in [-0.05, 0) is 36.4 Å². The summed E-state index contributed by atoms with van der Waals surface area (Å²) >= 11 is 2.65. The Kier molecular flexibility index (Phi) is 5.96. The molecule has 3 aromatic rings. The molecule has 0 bridgehead atoms. The van der Waals surface area contributed by atoms with E-state index < -0.39 is 5.97 Å². The Bertz CT molecular complexity index is 1100. The number of H-pyrrole nitrogens is 1. The van der Waals surface area contributed by atoms with Gasteiger partial charge in [0.05, 0.1) is 16.8 Å². The van der Waals surface area contributed by atoms with Crippen molar-refractivity contribution < 1.29 is 14.3 Å². The second-order valence-corrected chi connectivity index (χ2v) is 8.53. The van der Waals surface area contributed by atoms with E-state index >= 15 is 0 Å². The first kappa shape index (κ1) is 19.7. The van der Waals surface area contributed by atoms with Crippen molar-refractivity contribution in [2.24, 2.45) is 0 Å². The number of thioether (sulfide) groups is 1. The molecule has 1 aromatic carbocycles. The minimum absolute atomic E-state index is 0.0847. The highest BCUT2D eigenvalue weighted by molar-refractivity contribution is 8.00. The van der Waals surface area contributed by atoms with Gasteiger partial charge in [-0.2, -0.15) is 0 Å². The van der Waals surface area contributed by atoms with E-state index in [0.29, 0.717) is 26.5 Å². The third kappa shape index (κ3) is 4.51. The molecule has 2 aromatic heterocycles. The molecule has 1 aliphatic heterocycles. The SMILES string of the molecule is O=C(OCc1nc2ccsc2c(=O)[nH]1)c1ccccc1SCC(=O)N1CCCC1. The smallest absolute Gasteiger partial charge is 0.339 e. The van der Waals surface area contributed by atoms with Crippen molar-refractivity contribution in [2.45, 2.75) is 24.3 Å². The summed E-state index contributed by atoms with van der Waals surface area (Å²) in [5, 5.41) is 1.79. The molecule has 0 atom stereocenters. The molecule has 0 saturated carbocycles. The fraction of sp³-hybridized carbons (Fsp3) is 0.300. The van der Waals surface area contributed by atoms with Gasteiger partial charge in [0.25, 0.3) is 5.56 Å². The van der Waals surface area contributed by atoms with Crippen molar-refractivity contribution in [2.75, 3.05) is 18.8 Å². The number of nitrogens with zero attached hydrogens (tertiary/aromatic N) is 2. The molecule has 0 aliphatic carbocycles. The molecule has 7 nitrogen and oxygen atoms in total. The Morgan fingerprint density at radius 1 is 1.21 bits per heavy atom. The quantitative estimate of drug-likeness (QED) is 0.478. The molecule has 1 N–H and O–H groups in total. The summed E-state index contributed by atoms with van der Waals surface area (Å²) in [6.07, 6.45) is 2.10. The van der Waals surface area contributed by atoms with E-state index in [9.17, 15) is 14.4 Å². The van der Waals surface area contributed by atoms with Crippen LogP contribution >= 0.6 is 23.1 Å². The number of rotatable bonds is 6. The predicted octanol–water partition coefficient (Wildman–Crippen LogP) is 3.06. The Morgan fingerprint density at radius 3 is 2.83 bits per heavy atom. The third-order valence-corrected chi connectivity index (χ3v) is 6.58. The number of hydrogen-bond acceptors (Lipinski definition) is 7. The van der Waals surface area contributed by atoms with Crippen LogP contribution in [0, 0.1) is 0 Å². The Balaban J connectivity index is 1.41. The second-order valence-electron chi connectivity index (χ2n) is 6.60. The maximum absolute atomic E-state index is 12.6. The van der Waals surface area contributed by atoms with Crippen LogP contribution in [0.1, 0.15) is 29.0 Å². The van der Waals surface area contributed by atoms with Gasteiger partial charge >= 0.3 is 5.97 Å². The molecule has 3 heterocycles. The number of benzene rings is 1. The average molecular weight is 430 g/mol. The topological polar surface area (TPSA) is 92.4 Å². The highest BCUT2D eigenvalue weighted by Crippen LogP contribution is 2.24. The van der Waals surface area contributed by atoms with Crippen molar-refractivity contribution in [1.82, 2.24) is 14.9 Å². The van der Waals surface area contributed by atoms with Crippen molar-refractivity contribution in [3.63, 3.8) is 0 Å². The number of esters is 1. The number of carbonyl (C=O) groups is 2. The van der Waals surface area contributed by atoms with Gasteiger partial charge in [0.2, 0.25) is 5.91 Å². The summed E-state index contributed by atoms with van der Waals surface area (Å²) in [4.78, 5) is 46.4. The van der Waals surface area contributed by atoms with Crippen LogP contribution in [-0.4, -0.2) is 45.6 Å². The van der Waals surface area contributed by atoms with Gasteiger partial charge in [-0.25, -0.2) is 9.78 Å². The standard InChI is InChI=1S/C20H19N3O4S2/c24-17(23-8-3-4-9-23)12-29-15-6-2-1-5-13(15)20(26)27-11-16-21-14-7-10-28-18(14)19(25)22-16/h1-2,5-7,10H,3-4,8-9,11-12H2,(H,21,22,25). The molecule has 0 radical (unpaired) electrons. The van der Waals surface area contributed by atoms with Crippen LogP contribution in [-0.2, 0) is 16.1 Å². The van der Waals surface area contributed by atoms with E-state index in [4.69, 9.17) is 4.74 Å². The zero-order chi connectivity index (χ0) is 20.2. The van der Waals surface area contributed by atoms with E-state index in [1.165, 1.54) is 23.1 Å². The van der Waals surface area contributed by atoms with Crippen molar-refractivity contribution in [1.29, 1.82) is 0 Å². The highest BCUT2D eigenvalue weighted by atomic mass is 32.2. The van der Waals surface area contributed by atoms with E-state index in [2.05, 4.69) is 9.97 Å². The third-order valence-electron chi connectivity index (χ3n) is 4.62. The van der Waals surface area contributed by atoms with E-state index in [1.54, 1.807) is 29.6 Å². The number of thiophene rings is 1. The minimum Gasteiger partial charge on any atom is -0.454 e. The molecule has 4 rings (SSSR count). The molecule has 150 valence electrons. The highest BCUT2D eigenvalue weighted by Gasteiger charge is 2.20. The van der Waals surface area contributed by atoms with Gasteiger partial charge in [0.15, 0.2) is 0 Å². The maximum Gasteiger partial charge on any atom is 0.339 e. The molecule has 9 heteroatoms. The van der Waals surface area contributed by atoms with Crippen molar-refractivity contribution >= 4 is 45.2 Å². The Hall–Kier alpha value is -2.65. The molecule has 1 amide bonds. The fourth-order valence-electron chi connectivity index (χ4n) is 3.16. The van der Waals surface area contributed by atoms with Crippen molar-refractivity contribution in [3.8, 4) is 0 Å². The van der Waals surface area contributed by atoms with Crippen LogP contribution < -0.4 is 5.56 Å². The van der Waals surface area contributed by atoms with Crippen LogP contribution in [0.25, 0.3) is 10.2 Å². The number of nitrogens with one attached hydrogen (secondary N) is 1. The fourth-order valence-corrected chi connectivity index (χ4v) is 4.83. The summed E-state index contributed by atoms with van der Waals surface area (Å²) in [7, 11) is 0. The lowest BCUT2D eigenvalue weighted by Crippen LogP contribution is -2.29. The minimum atomic E-state index is -0.519. The number of amides is 1. The van der Waals surface area contributed by atoms with Crippen molar-refractivity contribution in [3.05, 3.63) is 57.5 Å². The lowest BCUT2D eigenvalue weighted by molar-refractivity contribution is -0.127. The summed E-state index contributed by atoms with van der Waals surface area (Å²) in [5.74, 6) is 0.147. The Labute approximate surface area is 175 Å². The molecule has 0 unspecified atom stereocenters. The molecule has 0 spiro atoms. The number of aromatic nitrogens is 2. The van der Waals surface area contributed by atoms with E-state index in [1.807, 2.05) is 11.0 Å². The number of ether oxygens (including phenoxy) is 1. The number of aromatic amines is 1. The maximum atomic E-state index is 12.6. The van der Waals surface area contributed by atoms with E-state index in [-0.39, 0.29) is 23.8 Å². The Morgan fingerprint density at radius 2 is 2.00 bits per heavy atom. The van der Waals surface area contributed by atoms with Gasteiger partial charge in [-0.1, -0.05) is 12.1 Å². The van der Waals surface area contributed by atoms with Gasteiger partial charge < -0.3 is 14.6 Å². The number of hydrogen-bond donors (Lipinski definition) is 1. The second kappa shape index (κ2) is 8.79. The first-order valence-corrected chi connectivity index (χ1v) is 11.1. The lowest BCUT2D eigenvalue weighted by Gasteiger charge is -2.15. The monoisotopic (exact) mass is 429 g/mol. The molecule has 1 aliphatic rings. The van der Waals surface area contributed by atoms with Gasteiger partial charge in [0, 0.05) is 18.0 Å². The first-order chi connectivity index (χ1) is 14.1. The summed E-state index contributed by atoms with van der Waals surface area (Å²) in [5.41, 5.74) is 0.735. The molecular formula is C20H19N3O4S2. The summed E-state index contributed by atoms with van der Waals surface area (Å²) in [6.45, 7) is 1.48. The number of fused-ring (bicyclic) bond motifs is 1. The number of likely N-dealkylation sites (tertiary alicyclic amines) is 1. The summed E-state index contributed by atoms with van der Waals surface area (Å²) < 4.78 is 5.91. The zero-order valence-electron chi connectivity index (χ0n) is 15.6. The number of carbonyl (C=O) groups excluding carboxylic acids is 2. The predicted molar refractivity (Wildman–Crippen MR) is 112 cm³/mol. The molecular weight excluding hydrogens is 410 g/mol. The molecule has 29 heavy (non-hydrogen) atoms. The van der Waals surface area contributed by atoms with E-state index in [0.717, 1.165) is 25.9 Å². The van der Waals surface area contributed by atoms with Gasteiger partial charge in [-0.15, -0.1) is 23.1 Å². The lowest BCUT2D eigenvalue weighted by atomic mass is 10.2. The normalized spacial score (nSPS) is 13.7. The molecule has 1 fully saturated rings. The van der Waals surface area contributed by atoms with Crippen LogP contribution in [0.4, 0.5) is 0 Å². The van der Waals surface area contributed by atoms with Gasteiger partial charge in [0.1, 0.15) is 17.1 Å². The van der Waals surface area contributed by atoms with Gasteiger partial charge in [-0.3, -0.25) is 9.59 Å². The average Bonchev–Trinajstić information content (AvgIpc) is 3.42. The van der Waals surface area contributed by atoms with Crippen LogP contribution in [0.2, 0.25) is 0 Å². The van der Waals surface area contributed by atoms with Crippen LogP contribution in [0.15, 0.2) is 45.4 Å². The zero-order valence-corrected chi connectivity index (χ0v) is 17.2. The van der Waals surface area contributed by atoms with Crippen LogP contribution in [0.5, 0.6) is 0 Å². The summed E-state index contributed by atoms with van der Waals surface area (Å²) in [6, 6.07) is 8.80. The largest absolute Gasteiger partial charge is 0.454 e.